The van der Waals surface area contributed by atoms with E-state index in [2.05, 4.69) is 181 Å². The van der Waals surface area contributed by atoms with E-state index in [1.165, 1.54) is 73.4 Å². The third kappa shape index (κ3) is 4.66. The summed E-state index contributed by atoms with van der Waals surface area (Å²) in [6.07, 6.45) is 0. The van der Waals surface area contributed by atoms with Crippen molar-refractivity contribution in [3.05, 3.63) is 176 Å². The maximum Gasteiger partial charge on any atom is 0.0462 e. The van der Waals surface area contributed by atoms with Crippen molar-refractivity contribution < 1.29 is 0 Å². The molecule has 10 rings (SSSR count). The van der Waals surface area contributed by atoms with Crippen molar-refractivity contribution in [3.8, 4) is 22.3 Å². The van der Waals surface area contributed by atoms with E-state index >= 15 is 0 Å². The number of rotatable bonds is 5. The van der Waals surface area contributed by atoms with Gasteiger partial charge in [0, 0.05) is 62.8 Å². The number of nitrogens with zero attached hydrogens (tertiary/aromatic N) is 1. The first-order valence-corrected chi connectivity index (χ1v) is 18.2. The molecular weight excluding hydrogens is 631 g/mol. The highest BCUT2D eigenvalue weighted by Crippen LogP contribution is 2.49. The maximum atomic E-state index is 2.39. The van der Waals surface area contributed by atoms with Gasteiger partial charge in [-0.2, -0.15) is 0 Å². The van der Waals surface area contributed by atoms with Crippen LogP contribution in [0.1, 0.15) is 0 Å². The lowest BCUT2D eigenvalue weighted by molar-refractivity contribution is 1.28. The van der Waals surface area contributed by atoms with Crippen molar-refractivity contribution in [2.45, 2.75) is 0 Å². The summed E-state index contributed by atoms with van der Waals surface area (Å²) >= 11 is 3.86. The van der Waals surface area contributed by atoms with Gasteiger partial charge in [-0.3, -0.25) is 0 Å². The van der Waals surface area contributed by atoms with Gasteiger partial charge in [0.25, 0.3) is 0 Å². The molecule has 0 saturated carbocycles. The summed E-state index contributed by atoms with van der Waals surface area (Å²) in [7, 11) is 0. The SMILES string of the molecule is c1ccc(N(c2ccccc2)c2ccc(-c3ccc(-c4ccc5c(c4)sc4c6ccccc6c6c7ccccc7sc6c54)cc3)cc2)cc1. The zero-order chi connectivity index (χ0) is 32.3. The zero-order valence-electron chi connectivity index (χ0n) is 26.5. The van der Waals surface area contributed by atoms with Crippen LogP contribution in [0.2, 0.25) is 0 Å². The topological polar surface area (TPSA) is 3.24 Å². The smallest absolute Gasteiger partial charge is 0.0462 e. The summed E-state index contributed by atoms with van der Waals surface area (Å²) in [5.74, 6) is 0. The molecule has 230 valence electrons. The minimum absolute atomic E-state index is 1.13. The molecule has 0 aliphatic rings. The molecule has 10 aromatic rings. The highest BCUT2D eigenvalue weighted by Gasteiger charge is 2.18. The number of anilines is 3. The Bertz CT molecular complexity index is 2750. The molecule has 0 saturated heterocycles. The molecule has 2 heterocycles. The molecule has 0 amide bonds. The first-order valence-electron chi connectivity index (χ1n) is 16.6. The Hall–Kier alpha value is -5.74. The predicted molar refractivity (Wildman–Crippen MR) is 215 cm³/mol. The Morgan fingerprint density at radius 3 is 1.45 bits per heavy atom. The largest absolute Gasteiger partial charge is 0.311 e. The van der Waals surface area contributed by atoms with E-state index < -0.39 is 0 Å². The van der Waals surface area contributed by atoms with Crippen molar-refractivity contribution in [1.82, 2.24) is 0 Å². The number of fused-ring (bicyclic) bond motifs is 10. The van der Waals surface area contributed by atoms with E-state index in [0.717, 1.165) is 17.1 Å². The van der Waals surface area contributed by atoms with Gasteiger partial charge < -0.3 is 4.90 Å². The molecule has 0 aliphatic heterocycles. The van der Waals surface area contributed by atoms with Gasteiger partial charge >= 0.3 is 0 Å². The van der Waals surface area contributed by atoms with Crippen molar-refractivity contribution >= 4 is 90.9 Å². The fraction of sp³-hybridized carbons (Fsp3) is 0. The third-order valence-corrected chi connectivity index (χ3v) is 12.0. The molecule has 0 aliphatic carbocycles. The van der Waals surface area contributed by atoms with Crippen LogP contribution in [0.5, 0.6) is 0 Å². The molecule has 0 spiro atoms. The molecule has 3 heteroatoms. The second kappa shape index (κ2) is 11.5. The zero-order valence-corrected chi connectivity index (χ0v) is 28.1. The van der Waals surface area contributed by atoms with E-state index in [-0.39, 0.29) is 0 Å². The Balaban J connectivity index is 1.01. The lowest BCUT2D eigenvalue weighted by atomic mass is 9.98. The fourth-order valence-corrected chi connectivity index (χ4v) is 9.97. The summed E-state index contributed by atoms with van der Waals surface area (Å²) in [4.78, 5) is 2.30. The second-order valence-corrected chi connectivity index (χ2v) is 14.6. The predicted octanol–water partition coefficient (Wildman–Crippen LogP) is 14.4. The molecule has 8 aromatic carbocycles. The van der Waals surface area contributed by atoms with Crippen LogP contribution >= 0.6 is 22.7 Å². The molecule has 0 atom stereocenters. The number of benzene rings is 8. The molecule has 0 unspecified atom stereocenters. The molecule has 49 heavy (non-hydrogen) atoms. The Morgan fingerprint density at radius 1 is 0.306 bits per heavy atom. The van der Waals surface area contributed by atoms with Gasteiger partial charge in [0.15, 0.2) is 0 Å². The van der Waals surface area contributed by atoms with Gasteiger partial charge in [-0.05, 0) is 76.2 Å². The molecule has 0 N–H and O–H groups in total. The molecule has 2 aromatic heterocycles. The van der Waals surface area contributed by atoms with Crippen molar-refractivity contribution in [2.24, 2.45) is 0 Å². The quantitative estimate of drug-likeness (QED) is 0.178. The van der Waals surface area contributed by atoms with Gasteiger partial charge in [-0.25, -0.2) is 0 Å². The molecule has 0 bridgehead atoms. The highest BCUT2D eigenvalue weighted by molar-refractivity contribution is 7.30. The standard InChI is InChI=1S/C46H29NS2/c1-3-11-34(12-4-1)47(35-13-5-2-6-14-35)36-26-23-31(24-27-36)30-19-21-32(22-20-30)33-25-28-40-42(29-33)49-45-38-16-8-7-15-37(38)43-39-17-9-10-18-41(39)48-46(43)44(40)45/h1-29H. The van der Waals surface area contributed by atoms with Crippen LogP contribution in [-0.2, 0) is 0 Å². The van der Waals surface area contributed by atoms with E-state index in [0.29, 0.717) is 0 Å². The van der Waals surface area contributed by atoms with Crippen molar-refractivity contribution in [1.29, 1.82) is 0 Å². The van der Waals surface area contributed by atoms with Crippen LogP contribution in [0, 0.1) is 0 Å². The Morgan fingerprint density at radius 2 is 0.776 bits per heavy atom. The molecule has 1 nitrogen and oxygen atoms in total. The monoisotopic (exact) mass is 659 g/mol. The Kier molecular flexibility index (Phi) is 6.61. The van der Waals surface area contributed by atoms with E-state index in [1.54, 1.807) is 0 Å². The maximum absolute atomic E-state index is 2.39. The Labute approximate surface area is 292 Å². The number of hydrogen-bond acceptors (Lipinski definition) is 3. The fourth-order valence-electron chi connectivity index (χ4n) is 7.34. The average Bonchev–Trinajstić information content (AvgIpc) is 3.75. The summed E-state index contributed by atoms with van der Waals surface area (Å²) < 4.78 is 5.48. The number of thiophene rings is 2. The lowest BCUT2D eigenvalue weighted by Crippen LogP contribution is -2.09. The van der Waals surface area contributed by atoms with Crippen LogP contribution in [0.15, 0.2) is 176 Å². The van der Waals surface area contributed by atoms with Crippen molar-refractivity contribution in [2.75, 3.05) is 4.90 Å². The summed E-state index contributed by atoms with van der Waals surface area (Å²) in [5.41, 5.74) is 8.31. The van der Waals surface area contributed by atoms with Gasteiger partial charge in [0.05, 0.1) is 0 Å². The lowest BCUT2D eigenvalue weighted by Gasteiger charge is -2.25. The highest BCUT2D eigenvalue weighted by atomic mass is 32.1. The minimum atomic E-state index is 1.13. The van der Waals surface area contributed by atoms with Crippen LogP contribution < -0.4 is 4.90 Å². The van der Waals surface area contributed by atoms with Crippen LogP contribution in [0.3, 0.4) is 0 Å². The van der Waals surface area contributed by atoms with Crippen LogP contribution in [0.4, 0.5) is 17.1 Å². The van der Waals surface area contributed by atoms with Crippen molar-refractivity contribution in [3.63, 3.8) is 0 Å². The minimum Gasteiger partial charge on any atom is -0.311 e. The average molecular weight is 660 g/mol. The number of hydrogen-bond donors (Lipinski definition) is 0. The first kappa shape index (κ1) is 28.3. The first-order chi connectivity index (χ1) is 24.3. The second-order valence-electron chi connectivity index (χ2n) is 12.5. The van der Waals surface area contributed by atoms with Crippen LogP contribution in [0.25, 0.3) is 73.4 Å². The summed E-state index contributed by atoms with van der Waals surface area (Å²) in [6, 6.07) is 63.8. The van der Waals surface area contributed by atoms with Crippen LogP contribution in [-0.4, -0.2) is 0 Å². The third-order valence-electron chi connectivity index (χ3n) is 9.66. The van der Waals surface area contributed by atoms with Gasteiger partial charge in [-0.1, -0.05) is 127 Å². The molecule has 0 radical (unpaired) electrons. The normalized spacial score (nSPS) is 11.7. The van der Waals surface area contributed by atoms with Gasteiger partial charge in [0.2, 0.25) is 0 Å². The summed E-state index contributed by atoms with van der Waals surface area (Å²) in [6.45, 7) is 0. The van der Waals surface area contributed by atoms with E-state index in [4.69, 9.17) is 0 Å². The van der Waals surface area contributed by atoms with E-state index in [9.17, 15) is 0 Å². The van der Waals surface area contributed by atoms with E-state index in [1.807, 2.05) is 22.7 Å². The molecule has 0 fully saturated rings. The molecular formula is C46H29NS2. The van der Waals surface area contributed by atoms with Gasteiger partial charge in [-0.15, -0.1) is 22.7 Å². The summed E-state index contributed by atoms with van der Waals surface area (Å²) in [5, 5.41) is 8.20. The number of para-hydroxylation sites is 2. The van der Waals surface area contributed by atoms with Gasteiger partial charge in [0.1, 0.15) is 0 Å².